The number of amides is 1. The van der Waals surface area contributed by atoms with Crippen molar-refractivity contribution in [2.24, 2.45) is 0 Å². The van der Waals surface area contributed by atoms with E-state index in [0.717, 1.165) is 30.9 Å². The third-order valence-corrected chi connectivity index (χ3v) is 4.77. The van der Waals surface area contributed by atoms with Gasteiger partial charge in [-0.25, -0.2) is 0 Å². The number of rotatable bonds is 6. The molecule has 0 saturated carbocycles. The molecule has 0 unspecified atom stereocenters. The predicted molar refractivity (Wildman–Crippen MR) is 106 cm³/mol. The second-order valence-electron chi connectivity index (χ2n) is 6.89. The van der Waals surface area contributed by atoms with Crippen LogP contribution in [0.5, 0.6) is 0 Å². The van der Waals surface area contributed by atoms with Crippen molar-refractivity contribution >= 4 is 23.0 Å². The summed E-state index contributed by atoms with van der Waals surface area (Å²) in [6.07, 6.45) is -0.420. The zero-order chi connectivity index (χ0) is 20.0. The molecule has 2 aromatic rings. The van der Waals surface area contributed by atoms with E-state index in [4.69, 9.17) is 0 Å². The van der Waals surface area contributed by atoms with Gasteiger partial charge in [0.25, 0.3) is 0 Å². The number of piperidine rings is 1. The lowest BCUT2D eigenvalue weighted by Crippen LogP contribution is -2.29. The third kappa shape index (κ3) is 5.65. The maximum absolute atomic E-state index is 12.5. The van der Waals surface area contributed by atoms with E-state index in [1.165, 1.54) is 37.1 Å². The summed E-state index contributed by atoms with van der Waals surface area (Å²) >= 11 is 0. The lowest BCUT2D eigenvalue weighted by atomic mass is 10.1. The number of carbonyl (C=O) groups excluding carboxylic acids is 1. The summed E-state index contributed by atoms with van der Waals surface area (Å²) in [7, 11) is 0. The molecule has 2 aromatic carbocycles. The number of benzene rings is 2. The van der Waals surface area contributed by atoms with Gasteiger partial charge in [0, 0.05) is 43.1 Å². The number of carbonyl (C=O) groups is 1. The Bertz CT molecular complexity index is 767. The van der Waals surface area contributed by atoms with Gasteiger partial charge in [0.15, 0.2) is 0 Å². The summed E-state index contributed by atoms with van der Waals surface area (Å²) in [6.45, 7) is 2.48. The molecule has 1 fully saturated rings. The summed E-state index contributed by atoms with van der Waals surface area (Å²) in [5.74, 6) is -0.148. The maximum atomic E-state index is 12.5. The Hall–Kier alpha value is -2.70. The monoisotopic (exact) mass is 391 g/mol. The molecule has 2 N–H and O–H groups in total. The van der Waals surface area contributed by atoms with Crippen LogP contribution in [0, 0.1) is 0 Å². The highest BCUT2D eigenvalue weighted by molar-refractivity contribution is 5.91. The molecule has 0 aromatic heterocycles. The van der Waals surface area contributed by atoms with Crippen molar-refractivity contribution in [3.8, 4) is 0 Å². The van der Waals surface area contributed by atoms with E-state index in [2.05, 4.69) is 15.5 Å². The van der Waals surface area contributed by atoms with E-state index in [1.807, 2.05) is 24.3 Å². The highest BCUT2D eigenvalue weighted by Gasteiger charge is 2.29. The molecule has 4 nitrogen and oxygen atoms in total. The third-order valence-electron chi connectivity index (χ3n) is 4.77. The summed E-state index contributed by atoms with van der Waals surface area (Å²) in [5.41, 5.74) is 1.76. The van der Waals surface area contributed by atoms with Crippen LogP contribution in [0.1, 0.15) is 31.2 Å². The summed E-state index contributed by atoms with van der Waals surface area (Å²) in [5, 5.41) is 5.80. The Morgan fingerprint density at radius 1 is 0.893 bits per heavy atom. The van der Waals surface area contributed by atoms with Crippen LogP contribution in [-0.4, -0.2) is 25.5 Å². The molecule has 1 saturated heterocycles. The van der Waals surface area contributed by atoms with Gasteiger partial charge in [-0.15, -0.1) is 0 Å². The van der Waals surface area contributed by atoms with Crippen molar-refractivity contribution in [3.05, 3.63) is 54.1 Å². The molecule has 1 aliphatic rings. The molecule has 0 atom stereocenters. The standard InChI is InChI=1S/C21H24F3N3O/c22-21(23,24)16-4-6-17(7-5-16)25-13-12-20(28)26-18-8-10-19(11-9-18)27-14-2-1-3-15-27/h4-11,25H,1-3,12-15H2,(H,26,28). The first-order valence-electron chi connectivity index (χ1n) is 9.48. The molecule has 0 bridgehead atoms. The molecule has 0 radical (unpaired) electrons. The van der Waals surface area contributed by atoms with Crippen molar-refractivity contribution in [2.45, 2.75) is 31.9 Å². The van der Waals surface area contributed by atoms with Crippen LogP contribution in [0.2, 0.25) is 0 Å². The average molecular weight is 391 g/mol. The fraction of sp³-hybridized carbons (Fsp3) is 0.381. The van der Waals surface area contributed by atoms with Gasteiger partial charge >= 0.3 is 6.18 Å². The van der Waals surface area contributed by atoms with Crippen LogP contribution >= 0.6 is 0 Å². The van der Waals surface area contributed by atoms with Gasteiger partial charge in [-0.05, 0) is 67.8 Å². The number of alkyl halides is 3. The smallest absolute Gasteiger partial charge is 0.385 e. The van der Waals surface area contributed by atoms with Crippen LogP contribution in [-0.2, 0) is 11.0 Å². The van der Waals surface area contributed by atoms with Crippen molar-refractivity contribution < 1.29 is 18.0 Å². The first kappa shape index (κ1) is 20.0. The normalized spacial score (nSPS) is 14.6. The molecule has 1 aliphatic heterocycles. The Balaban J connectivity index is 1.43. The summed E-state index contributed by atoms with van der Waals surface area (Å²) in [4.78, 5) is 14.4. The number of hydrogen-bond acceptors (Lipinski definition) is 3. The van der Waals surface area contributed by atoms with Gasteiger partial charge in [0.1, 0.15) is 0 Å². The molecule has 150 valence electrons. The number of anilines is 3. The van der Waals surface area contributed by atoms with E-state index < -0.39 is 11.7 Å². The summed E-state index contributed by atoms with van der Waals surface area (Å²) in [6, 6.07) is 12.6. The van der Waals surface area contributed by atoms with Crippen molar-refractivity contribution in [1.29, 1.82) is 0 Å². The second kappa shape index (κ2) is 8.99. The number of nitrogens with zero attached hydrogens (tertiary/aromatic N) is 1. The summed E-state index contributed by atoms with van der Waals surface area (Å²) < 4.78 is 37.6. The Labute approximate surface area is 162 Å². The fourth-order valence-electron chi connectivity index (χ4n) is 3.23. The largest absolute Gasteiger partial charge is 0.416 e. The molecule has 0 aliphatic carbocycles. The first-order chi connectivity index (χ1) is 13.4. The van der Waals surface area contributed by atoms with Crippen molar-refractivity contribution in [3.63, 3.8) is 0 Å². The topological polar surface area (TPSA) is 44.4 Å². The van der Waals surface area contributed by atoms with Crippen LogP contribution < -0.4 is 15.5 Å². The van der Waals surface area contributed by atoms with Gasteiger partial charge in [0.05, 0.1) is 5.56 Å². The second-order valence-corrected chi connectivity index (χ2v) is 6.89. The Kier molecular flexibility index (Phi) is 6.44. The Morgan fingerprint density at radius 2 is 1.50 bits per heavy atom. The molecule has 3 rings (SSSR count). The zero-order valence-electron chi connectivity index (χ0n) is 15.6. The minimum Gasteiger partial charge on any atom is -0.385 e. The molecule has 28 heavy (non-hydrogen) atoms. The fourth-order valence-corrected chi connectivity index (χ4v) is 3.23. The molecular weight excluding hydrogens is 367 g/mol. The van der Waals surface area contributed by atoms with E-state index in [-0.39, 0.29) is 12.3 Å². The zero-order valence-corrected chi connectivity index (χ0v) is 15.6. The lowest BCUT2D eigenvalue weighted by Gasteiger charge is -2.28. The lowest BCUT2D eigenvalue weighted by molar-refractivity contribution is -0.137. The van der Waals surface area contributed by atoms with E-state index in [1.54, 1.807) is 0 Å². The van der Waals surface area contributed by atoms with Crippen molar-refractivity contribution in [1.82, 2.24) is 0 Å². The molecule has 1 amide bonds. The Morgan fingerprint density at radius 3 is 2.11 bits per heavy atom. The van der Waals surface area contributed by atoms with Crippen LogP contribution in [0.15, 0.2) is 48.5 Å². The molecule has 7 heteroatoms. The van der Waals surface area contributed by atoms with E-state index in [9.17, 15) is 18.0 Å². The highest BCUT2D eigenvalue weighted by atomic mass is 19.4. The number of halogens is 3. The van der Waals surface area contributed by atoms with Gasteiger partial charge in [0.2, 0.25) is 5.91 Å². The molecule has 0 spiro atoms. The van der Waals surface area contributed by atoms with Gasteiger partial charge in [-0.2, -0.15) is 13.2 Å². The van der Waals surface area contributed by atoms with E-state index in [0.29, 0.717) is 12.2 Å². The highest BCUT2D eigenvalue weighted by Crippen LogP contribution is 2.29. The van der Waals surface area contributed by atoms with Gasteiger partial charge in [-0.1, -0.05) is 0 Å². The quantitative estimate of drug-likeness (QED) is 0.717. The predicted octanol–water partition coefficient (Wildman–Crippen LogP) is 5.14. The number of hydrogen-bond donors (Lipinski definition) is 2. The van der Waals surface area contributed by atoms with Gasteiger partial charge < -0.3 is 15.5 Å². The van der Waals surface area contributed by atoms with Crippen LogP contribution in [0.4, 0.5) is 30.2 Å². The SMILES string of the molecule is O=C(CCNc1ccc(C(F)(F)F)cc1)Nc1ccc(N2CCCCC2)cc1. The first-order valence-corrected chi connectivity index (χ1v) is 9.48. The minimum absolute atomic E-state index is 0.148. The van der Waals surface area contributed by atoms with Crippen LogP contribution in [0.3, 0.4) is 0 Å². The maximum Gasteiger partial charge on any atom is 0.416 e. The van der Waals surface area contributed by atoms with Crippen LogP contribution in [0.25, 0.3) is 0 Å². The van der Waals surface area contributed by atoms with Crippen molar-refractivity contribution in [2.75, 3.05) is 35.2 Å². The molecular formula is C21H24F3N3O. The minimum atomic E-state index is -4.35. The molecule has 1 heterocycles. The average Bonchev–Trinajstić information content (AvgIpc) is 2.69. The van der Waals surface area contributed by atoms with Gasteiger partial charge in [-0.3, -0.25) is 4.79 Å². The van der Waals surface area contributed by atoms with E-state index >= 15 is 0 Å². The number of nitrogens with one attached hydrogen (secondary N) is 2.